The molecule has 0 spiro atoms. The van der Waals surface area contributed by atoms with Gasteiger partial charge in [0.05, 0.1) is 10.5 Å². The summed E-state index contributed by atoms with van der Waals surface area (Å²) in [5.74, 6) is -0.520. The van der Waals surface area contributed by atoms with Crippen molar-refractivity contribution in [3.05, 3.63) is 35.1 Å². The number of fused-ring (bicyclic) bond motifs is 1. The van der Waals surface area contributed by atoms with E-state index in [4.69, 9.17) is 11.6 Å². The molecule has 19 heavy (non-hydrogen) atoms. The highest BCUT2D eigenvalue weighted by atomic mass is 35.5. The van der Waals surface area contributed by atoms with E-state index in [9.17, 15) is 8.94 Å². The van der Waals surface area contributed by atoms with Gasteiger partial charge in [0.1, 0.15) is 34.3 Å². The number of imidazole rings is 1. The first-order chi connectivity index (χ1) is 8.79. The van der Waals surface area contributed by atoms with Gasteiger partial charge in [0.15, 0.2) is 5.82 Å². The highest BCUT2D eigenvalue weighted by molar-refractivity contribution is 7.91. The van der Waals surface area contributed by atoms with Gasteiger partial charge in [0.25, 0.3) is 0 Å². The normalized spacial score (nSPS) is 14.4. The molecule has 1 unspecified atom stereocenters. The molecule has 0 aliphatic heterocycles. The molecule has 0 radical (unpaired) electrons. The first-order valence-corrected chi connectivity index (χ1v) is 7.05. The SMILES string of the molecule is CC(C)(C)[S+]([O-])N=Cc1ncn2cc(F)c(Cl)cc12. The van der Waals surface area contributed by atoms with Crippen LogP contribution in [0.15, 0.2) is 23.0 Å². The predicted octanol–water partition coefficient (Wildman–Crippen LogP) is 3.01. The molecule has 0 saturated heterocycles. The van der Waals surface area contributed by atoms with E-state index in [0.29, 0.717) is 11.2 Å². The molecule has 2 rings (SSSR count). The molecule has 4 nitrogen and oxygen atoms in total. The molecule has 2 heterocycles. The molecule has 2 aromatic heterocycles. The van der Waals surface area contributed by atoms with Crippen molar-refractivity contribution in [3.63, 3.8) is 0 Å². The van der Waals surface area contributed by atoms with Gasteiger partial charge < -0.3 is 8.95 Å². The second-order valence-corrected chi connectivity index (χ2v) is 7.33. The van der Waals surface area contributed by atoms with Crippen LogP contribution in [0.25, 0.3) is 5.52 Å². The van der Waals surface area contributed by atoms with Crippen LogP contribution in [0, 0.1) is 5.82 Å². The van der Waals surface area contributed by atoms with E-state index in [2.05, 4.69) is 9.38 Å². The number of hydrogen-bond donors (Lipinski definition) is 0. The Balaban J connectivity index is 2.37. The van der Waals surface area contributed by atoms with Gasteiger partial charge >= 0.3 is 0 Å². The van der Waals surface area contributed by atoms with Gasteiger partial charge in [0, 0.05) is 6.20 Å². The molecular formula is C12H13ClFN3OS. The zero-order valence-electron chi connectivity index (χ0n) is 10.7. The Morgan fingerprint density at radius 3 is 2.84 bits per heavy atom. The van der Waals surface area contributed by atoms with Crippen molar-refractivity contribution in [2.45, 2.75) is 25.5 Å². The van der Waals surface area contributed by atoms with Crippen LogP contribution < -0.4 is 0 Å². The number of pyridine rings is 1. The zero-order valence-corrected chi connectivity index (χ0v) is 12.3. The molecule has 0 saturated carbocycles. The summed E-state index contributed by atoms with van der Waals surface area (Å²) in [7, 11) is 0. The molecule has 2 aromatic rings. The molecule has 0 bridgehead atoms. The summed E-state index contributed by atoms with van der Waals surface area (Å²) in [4.78, 5) is 4.09. The highest BCUT2D eigenvalue weighted by Gasteiger charge is 2.26. The lowest BCUT2D eigenvalue weighted by atomic mass is 10.3. The summed E-state index contributed by atoms with van der Waals surface area (Å²) in [6.07, 6.45) is 4.11. The van der Waals surface area contributed by atoms with Crippen molar-refractivity contribution in [1.82, 2.24) is 9.38 Å². The summed E-state index contributed by atoms with van der Waals surface area (Å²) < 4.78 is 30.1. The standard InChI is InChI=1S/C12H13ClFN3OS/c1-12(2,3)19(18)16-5-10-11-4-8(13)9(14)6-17(11)7-15-10/h4-7H,1-3H3. The van der Waals surface area contributed by atoms with Crippen LogP contribution in [-0.2, 0) is 11.4 Å². The summed E-state index contributed by atoms with van der Waals surface area (Å²) in [6.45, 7) is 5.49. The van der Waals surface area contributed by atoms with Gasteiger partial charge in [-0.15, -0.1) is 0 Å². The van der Waals surface area contributed by atoms with E-state index >= 15 is 0 Å². The van der Waals surface area contributed by atoms with Crippen molar-refractivity contribution >= 4 is 34.7 Å². The minimum Gasteiger partial charge on any atom is -0.591 e. The van der Waals surface area contributed by atoms with Crippen molar-refractivity contribution < 1.29 is 8.94 Å². The molecule has 0 N–H and O–H groups in total. The Bertz CT molecular complexity index is 636. The highest BCUT2D eigenvalue weighted by Crippen LogP contribution is 2.20. The maximum atomic E-state index is 13.3. The lowest BCUT2D eigenvalue weighted by Gasteiger charge is -2.17. The van der Waals surface area contributed by atoms with E-state index < -0.39 is 21.9 Å². The fourth-order valence-corrected chi connectivity index (χ4v) is 2.03. The Labute approximate surface area is 118 Å². The smallest absolute Gasteiger partial charge is 0.158 e. The van der Waals surface area contributed by atoms with E-state index in [1.165, 1.54) is 29.2 Å². The van der Waals surface area contributed by atoms with Gasteiger partial charge in [-0.3, -0.25) is 0 Å². The van der Waals surface area contributed by atoms with E-state index in [1.807, 2.05) is 20.8 Å². The number of rotatable bonds is 2. The average Bonchev–Trinajstić information content (AvgIpc) is 2.68. The van der Waals surface area contributed by atoms with E-state index in [-0.39, 0.29) is 5.02 Å². The Kier molecular flexibility index (Phi) is 3.85. The molecule has 0 fully saturated rings. The third-order valence-electron chi connectivity index (χ3n) is 2.40. The van der Waals surface area contributed by atoms with Gasteiger partial charge in [-0.1, -0.05) is 16.0 Å². The molecule has 0 aromatic carbocycles. The van der Waals surface area contributed by atoms with Crippen LogP contribution in [0.1, 0.15) is 26.5 Å². The summed E-state index contributed by atoms with van der Waals surface area (Å²) in [5, 5.41) is 0.0135. The lowest BCUT2D eigenvalue weighted by molar-refractivity contribution is 0.562. The fourth-order valence-electron chi connectivity index (χ4n) is 1.36. The van der Waals surface area contributed by atoms with Crippen molar-refractivity contribution in [1.29, 1.82) is 0 Å². The molecule has 0 aliphatic carbocycles. The van der Waals surface area contributed by atoms with Crippen LogP contribution in [0.4, 0.5) is 4.39 Å². The summed E-state index contributed by atoms with van der Waals surface area (Å²) in [6, 6.07) is 1.46. The minimum atomic E-state index is -1.36. The van der Waals surface area contributed by atoms with Crippen molar-refractivity contribution in [3.8, 4) is 0 Å². The third-order valence-corrected chi connectivity index (χ3v) is 4.03. The van der Waals surface area contributed by atoms with Gasteiger partial charge in [-0.2, -0.15) is 0 Å². The van der Waals surface area contributed by atoms with Crippen LogP contribution in [0.3, 0.4) is 0 Å². The number of nitrogens with zero attached hydrogens (tertiary/aromatic N) is 3. The Hall–Kier alpha value is -1.11. The average molecular weight is 302 g/mol. The van der Waals surface area contributed by atoms with Crippen LogP contribution in [0.2, 0.25) is 5.02 Å². The first-order valence-electron chi connectivity index (χ1n) is 5.57. The van der Waals surface area contributed by atoms with E-state index in [0.717, 1.165) is 0 Å². The molecule has 0 amide bonds. The fraction of sp³-hybridized carbons (Fsp3) is 0.333. The minimum absolute atomic E-state index is 0.0135. The van der Waals surface area contributed by atoms with Gasteiger partial charge in [-0.25, -0.2) is 9.37 Å². The number of aromatic nitrogens is 2. The third kappa shape index (κ3) is 3.08. The number of halogens is 2. The zero-order chi connectivity index (χ0) is 14.2. The largest absolute Gasteiger partial charge is 0.591 e. The molecule has 102 valence electrons. The Morgan fingerprint density at radius 1 is 1.53 bits per heavy atom. The van der Waals surface area contributed by atoms with Crippen LogP contribution in [0.5, 0.6) is 0 Å². The predicted molar refractivity (Wildman–Crippen MR) is 75.6 cm³/mol. The molecule has 7 heteroatoms. The number of hydrogen-bond acceptors (Lipinski definition) is 3. The van der Waals surface area contributed by atoms with Crippen molar-refractivity contribution in [2.24, 2.45) is 4.40 Å². The van der Waals surface area contributed by atoms with Crippen LogP contribution >= 0.6 is 11.6 Å². The van der Waals surface area contributed by atoms with E-state index in [1.54, 1.807) is 0 Å². The summed E-state index contributed by atoms with van der Waals surface area (Å²) >= 11 is 4.37. The second-order valence-electron chi connectivity index (χ2n) is 4.99. The lowest BCUT2D eigenvalue weighted by Crippen LogP contribution is -2.25. The molecule has 0 aliphatic rings. The van der Waals surface area contributed by atoms with Crippen LogP contribution in [-0.4, -0.2) is 24.9 Å². The maximum absolute atomic E-state index is 13.3. The van der Waals surface area contributed by atoms with Gasteiger partial charge in [0.2, 0.25) is 0 Å². The molecular weight excluding hydrogens is 289 g/mol. The Morgan fingerprint density at radius 2 is 2.21 bits per heavy atom. The summed E-state index contributed by atoms with van der Waals surface area (Å²) in [5.41, 5.74) is 1.11. The topological polar surface area (TPSA) is 52.7 Å². The molecule has 1 atom stereocenters. The maximum Gasteiger partial charge on any atom is 0.158 e. The quantitative estimate of drug-likeness (QED) is 0.632. The first kappa shape index (κ1) is 14.3. The monoisotopic (exact) mass is 301 g/mol. The van der Waals surface area contributed by atoms with Crippen molar-refractivity contribution in [2.75, 3.05) is 0 Å². The second kappa shape index (κ2) is 5.11. The van der Waals surface area contributed by atoms with Gasteiger partial charge in [-0.05, 0) is 26.8 Å².